The molecular formula is C23H16Cl2O6. The molecular weight excluding hydrogens is 443 g/mol. The first-order valence-electron chi connectivity index (χ1n) is 8.99. The lowest BCUT2D eigenvalue weighted by molar-refractivity contribution is 0.0474. The fourth-order valence-electron chi connectivity index (χ4n) is 2.55. The van der Waals surface area contributed by atoms with E-state index >= 15 is 0 Å². The van der Waals surface area contributed by atoms with Gasteiger partial charge in [0, 0.05) is 5.56 Å². The Hall–Kier alpha value is -3.35. The molecule has 3 rings (SSSR count). The molecule has 3 aromatic carbocycles. The third-order valence-corrected chi connectivity index (χ3v) is 4.92. The maximum Gasteiger partial charge on any atom is 0.343 e. The summed E-state index contributed by atoms with van der Waals surface area (Å²) in [4.78, 5) is 36.6. The van der Waals surface area contributed by atoms with Crippen molar-refractivity contribution in [2.75, 3.05) is 13.7 Å². The minimum Gasteiger partial charge on any atom is -0.497 e. The maximum atomic E-state index is 12.3. The Morgan fingerprint density at radius 1 is 0.742 bits per heavy atom. The number of benzene rings is 3. The number of rotatable bonds is 7. The number of carbonyl (C=O) groups is 3. The molecule has 0 saturated heterocycles. The number of hydrogen-bond acceptors (Lipinski definition) is 6. The van der Waals surface area contributed by atoms with Gasteiger partial charge in [-0.3, -0.25) is 4.79 Å². The number of ether oxygens (including phenoxy) is 3. The van der Waals surface area contributed by atoms with Gasteiger partial charge in [-0.1, -0.05) is 29.3 Å². The van der Waals surface area contributed by atoms with E-state index in [0.717, 1.165) is 0 Å². The van der Waals surface area contributed by atoms with Crippen LogP contribution in [0.1, 0.15) is 31.1 Å². The summed E-state index contributed by atoms with van der Waals surface area (Å²) in [6, 6.07) is 16.7. The van der Waals surface area contributed by atoms with Crippen molar-refractivity contribution in [3.8, 4) is 11.5 Å². The second kappa shape index (κ2) is 10.1. The summed E-state index contributed by atoms with van der Waals surface area (Å²) in [5.41, 5.74) is 0.809. The Morgan fingerprint density at radius 2 is 1.42 bits per heavy atom. The van der Waals surface area contributed by atoms with Crippen LogP contribution in [-0.4, -0.2) is 31.4 Å². The van der Waals surface area contributed by atoms with Crippen molar-refractivity contribution in [2.24, 2.45) is 0 Å². The van der Waals surface area contributed by atoms with Crippen molar-refractivity contribution < 1.29 is 28.6 Å². The minimum absolute atomic E-state index is 0.235. The van der Waals surface area contributed by atoms with Gasteiger partial charge >= 0.3 is 11.9 Å². The number of ketones is 1. The molecule has 0 atom stereocenters. The lowest BCUT2D eigenvalue weighted by atomic mass is 10.1. The molecule has 0 aliphatic heterocycles. The molecule has 0 unspecified atom stereocenters. The van der Waals surface area contributed by atoms with Crippen LogP contribution >= 0.6 is 23.2 Å². The van der Waals surface area contributed by atoms with Crippen LogP contribution in [0, 0.1) is 0 Å². The van der Waals surface area contributed by atoms with Gasteiger partial charge in [-0.05, 0) is 60.7 Å². The molecule has 0 spiro atoms. The van der Waals surface area contributed by atoms with E-state index in [-0.39, 0.29) is 21.9 Å². The van der Waals surface area contributed by atoms with Crippen LogP contribution in [0.4, 0.5) is 0 Å². The predicted octanol–water partition coefficient (Wildman–Crippen LogP) is 5.26. The maximum absolute atomic E-state index is 12.3. The average molecular weight is 459 g/mol. The summed E-state index contributed by atoms with van der Waals surface area (Å²) < 4.78 is 15.4. The van der Waals surface area contributed by atoms with E-state index in [0.29, 0.717) is 16.3 Å². The third kappa shape index (κ3) is 5.84. The highest BCUT2D eigenvalue weighted by Crippen LogP contribution is 2.23. The molecule has 31 heavy (non-hydrogen) atoms. The monoisotopic (exact) mass is 458 g/mol. The molecule has 8 heteroatoms. The SMILES string of the molecule is COc1cccc(C(=O)OCC(=O)c2ccc(OC(=O)c3ccc(Cl)c(Cl)c3)cc2)c1. The summed E-state index contributed by atoms with van der Waals surface area (Å²) in [5.74, 6) is -0.921. The summed E-state index contributed by atoms with van der Waals surface area (Å²) in [6.45, 7) is -0.432. The van der Waals surface area contributed by atoms with E-state index in [2.05, 4.69) is 0 Å². The average Bonchev–Trinajstić information content (AvgIpc) is 2.79. The summed E-state index contributed by atoms with van der Waals surface area (Å²) in [5, 5.41) is 0.564. The van der Waals surface area contributed by atoms with E-state index in [1.807, 2.05) is 0 Å². The number of carbonyl (C=O) groups excluding carboxylic acids is 3. The second-order valence-corrected chi connectivity index (χ2v) is 7.09. The molecule has 0 heterocycles. The molecule has 0 aliphatic carbocycles. The Labute approximate surface area is 188 Å². The Bertz CT molecular complexity index is 1130. The molecule has 0 bridgehead atoms. The summed E-state index contributed by atoms with van der Waals surface area (Å²) in [6.07, 6.45) is 0. The molecule has 0 fully saturated rings. The van der Waals surface area contributed by atoms with Crippen molar-refractivity contribution in [3.05, 3.63) is 93.5 Å². The van der Waals surface area contributed by atoms with Crippen LogP contribution in [-0.2, 0) is 4.74 Å². The topological polar surface area (TPSA) is 78.9 Å². The van der Waals surface area contributed by atoms with Gasteiger partial charge in [-0.25, -0.2) is 9.59 Å². The quantitative estimate of drug-likeness (QED) is 0.273. The van der Waals surface area contributed by atoms with Crippen molar-refractivity contribution in [1.82, 2.24) is 0 Å². The van der Waals surface area contributed by atoms with E-state index in [1.165, 1.54) is 55.6 Å². The largest absolute Gasteiger partial charge is 0.497 e. The molecule has 0 N–H and O–H groups in total. The first-order chi connectivity index (χ1) is 14.9. The van der Waals surface area contributed by atoms with Crippen LogP contribution in [0.2, 0.25) is 10.0 Å². The fraction of sp³-hybridized carbons (Fsp3) is 0.0870. The standard InChI is InChI=1S/C23H16Cl2O6/c1-29-18-4-2-3-15(11-18)22(27)30-13-21(26)14-5-8-17(9-6-14)31-23(28)16-7-10-19(24)20(25)12-16/h2-12H,13H2,1H3. The number of esters is 2. The molecule has 158 valence electrons. The Kier molecular flexibility index (Phi) is 7.28. The first kappa shape index (κ1) is 22.3. The first-order valence-corrected chi connectivity index (χ1v) is 9.74. The lowest BCUT2D eigenvalue weighted by Gasteiger charge is -2.07. The van der Waals surface area contributed by atoms with Gasteiger partial charge < -0.3 is 14.2 Å². The van der Waals surface area contributed by atoms with Crippen LogP contribution in [0.15, 0.2) is 66.7 Å². The van der Waals surface area contributed by atoms with E-state index in [9.17, 15) is 14.4 Å². The molecule has 0 aromatic heterocycles. The number of hydrogen-bond donors (Lipinski definition) is 0. The normalized spacial score (nSPS) is 10.3. The zero-order valence-corrected chi connectivity index (χ0v) is 17.8. The molecule has 0 amide bonds. The van der Waals surface area contributed by atoms with Crippen LogP contribution in [0.3, 0.4) is 0 Å². The lowest BCUT2D eigenvalue weighted by Crippen LogP contribution is -2.14. The second-order valence-electron chi connectivity index (χ2n) is 6.27. The van der Waals surface area contributed by atoms with Crippen molar-refractivity contribution in [2.45, 2.75) is 0 Å². The zero-order chi connectivity index (χ0) is 22.4. The van der Waals surface area contributed by atoms with Crippen LogP contribution in [0.5, 0.6) is 11.5 Å². The Balaban J connectivity index is 1.57. The van der Waals surface area contributed by atoms with E-state index in [4.69, 9.17) is 37.4 Å². The minimum atomic E-state index is -0.639. The van der Waals surface area contributed by atoms with E-state index in [1.54, 1.807) is 18.2 Å². The van der Waals surface area contributed by atoms with Gasteiger partial charge in [0.2, 0.25) is 0 Å². The molecule has 0 aliphatic rings. The molecule has 0 radical (unpaired) electrons. The Morgan fingerprint density at radius 3 is 2.10 bits per heavy atom. The fourth-order valence-corrected chi connectivity index (χ4v) is 2.84. The smallest absolute Gasteiger partial charge is 0.343 e. The summed E-state index contributed by atoms with van der Waals surface area (Å²) >= 11 is 11.7. The van der Waals surface area contributed by atoms with Crippen molar-refractivity contribution >= 4 is 40.9 Å². The van der Waals surface area contributed by atoms with Gasteiger partial charge in [0.05, 0.1) is 28.3 Å². The highest BCUT2D eigenvalue weighted by atomic mass is 35.5. The molecule has 0 saturated carbocycles. The van der Waals surface area contributed by atoms with Gasteiger partial charge in [0.1, 0.15) is 11.5 Å². The molecule has 6 nitrogen and oxygen atoms in total. The highest BCUT2D eigenvalue weighted by Gasteiger charge is 2.14. The van der Waals surface area contributed by atoms with Gasteiger partial charge in [0.15, 0.2) is 12.4 Å². The number of methoxy groups -OCH3 is 1. The van der Waals surface area contributed by atoms with Crippen LogP contribution < -0.4 is 9.47 Å². The van der Waals surface area contributed by atoms with Gasteiger partial charge in [0.25, 0.3) is 0 Å². The zero-order valence-electron chi connectivity index (χ0n) is 16.3. The van der Waals surface area contributed by atoms with Gasteiger partial charge in [-0.15, -0.1) is 0 Å². The van der Waals surface area contributed by atoms with E-state index < -0.39 is 24.3 Å². The molecule has 3 aromatic rings. The van der Waals surface area contributed by atoms with Gasteiger partial charge in [-0.2, -0.15) is 0 Å². The number of Topliss-reactive ketones (excluding diaryl/α,β-unsaturated/α-hetero) is 1. The van der Waals surface area contributed by atoms with Crippen molar-refractivity contribution in [1.29, 1.82) is 0 Å². The number of halogens is 2. The van der Waals surface area contributed by atoms with Crippen LogP contribution in [0.25, 0.3) is 0 Å². The summed E-state index contributed by atoms with van der Waals surface area (Å²) in [7, 11) is 1.49. The third-order valence-electron chi connectivity index (χ3n) is 4.18. The predicted molar refractivity (Wildman–Crippen MR) is 115 cm³/mol. The highest BCUT2D eigenvalue weighted by molar-refractivity contribution is 6.42. The van der Waals surface area contributed by atoms with Crippen molar-refractivity contribution in [3.63, 3.8) is 0 Å².